The number of ether oxygens (including phenoxy) is 1. The van der Waals surface area contributed by atoms with E-state index in [-0.39, 0.29) is 21.8 Å². The molecule has 2 aliphatic rings. The fourth-order valence-electron chi connectivity index (χ4n) is 2.49. The molecule has 0 saturated heterocycles. The van der Waals surface area contributed by atoms with Crippen LogP contribution in [0.25, 0.3) is 0 Å². The van der Waals surface area contributed by atoms with Gasteiger partial charge in [0.15, 0.2) is 0 Å². The minimum absolute atomic E-state index is 0.0681. The SMILES string of the molecule is C/C(=N\SC(C)(C)C)C12CC1(NC(=O)OC(C)(C)C)C2. The van der Waals surface area contributed by atoms with Crippen molar-refractivity contribution in [3.8, 4) is 0 Å². The van der Waals surface area contributed by atoms with Gasteiger partial charge in [-0.25, -0.2) is 9.19 Å². The highest BCUT2D eigenvalue weighted by atomic mass is 32.2. The Balaban J connectivity index is 1.89. The molecule has 0 heterocycles. The van der Waals surface area contributed by atoms with Crippen molar-refractivity contribution in [3.63, 3.8) is 0 Å². The van der Waals surface area contributed by atoms with Crippen LogP contribution in [-0.2, 0) is 4.74 Å². The molecule has 0 aliphatic heterocycles. The number of hydrogen-bond donors (Lipinski definition) is 1. The van der Waals surface area contributed by atoms with Crippen LogP contribution < -0.4 is 5.32 Å². The van der Waals surface area contributed by atoms with Crippen LogP contribution in [0.2, 0.25) is 0 Å². The molecule has 0 unspecified atom stereocenters. The van der Waals surface area contributed by atoms with Crippen molar-refractivity contribution in [1.29, 1.82) is 0 Å². The highest BCUT2D eigenvalue weighted by molar-refractivity contribution is 7.99. The minimum atomic E-state index is -0.446. The van der Waals surface area contributed by atoms with Crippen molar-refractivity contribution in [2.45, 2.75) is 77.2 Å². The van der Waals surface area contributed by atoms with Gasteiger partial charge in [-0.2, -0.15) is 0 Å². The van der Waals surface area contributed by atoms with Gasteiger partial charge < -0.3 is 10.1 Å². The molecule has 0 spiro atoms. The normalized spacial score (nSPS) is 32.5. The molecule has 20 heavy (non-hydrogen) atoms. The zero-order chi connectivity index (χ0) is 15.4. The number of hydrogen-bond acceptors (Lipinski definition) is 4. The number of nitrogens with zero attached hydrogens (tertiary/aromatic N) is 1. The molecule has 2 saturated carbocycles. The number of fused-ring (bicyclic) bond motifs is 1. The van der Waals surface area contributed by atoms with Gasteiger partial charge in [0.2, 0.25) is 0 Å². The largest absolute Gasteiger partial charge is 0.444 e. The summed E-state index contributed by atoms with van der Waals surface area (Å²) in [6.45, 7) is 14.2. The van der Waals surface area contributed by atoms with Crippen molar-refractivity contribution in [2.24, 2.45) is 9.81 Å². The molecular formula is C15H26N2O2S. The molecule has 0 radical (unpaired) electrons. The average molecular weight is 298 g/mol. The van der Waals surface area contributed by atoms with Crippen LogP contribution in [0.5, 0.6) is 0 Å². The van der Waals surface area contributed by atoms with E-state index in [1.165, 1.54) is 0 Å². The maximum Gasteiger partial charge on any atom is 0.408 e. The second-order valence-corrected chi connectivity index (χ2v) is 9.61. The molecule has 114 valence electrons. The predicted molar refractivity (Wildman–Crippen MR) is 84.2 cm³/mol. The lowest BCUT2D eigenvalue weighted by Gasteiger charge is -2.20. The van der Waals surface area contributed by atoms with E-state index in [4.69, 9.17) is 4.74 Å². The Morgan fingerprint density at radius 1 is 1.20 bits per heavy atom. The molecule has 0 aromatic carbocycles. The zero-order valence-corrected chi connectivity index (χ0v) is 14.4. The molecule has 1 N–H and O–H groups in total. The third-order valence-electron chi connectivity index (χ3n) is 3.76. The van der Waals surface area contributed by atoms with Gasteiger partial charge in [-0.15, -0.1) is 0 Å². The zero-order valence-electron chi connectivity index (χ0n) is 13.6. The van der Waals surface area contributed by atoms with E-state index in [2.05, 4.69) is 37.4 Å². The van der Waals surface area contributed by atoms with Gasteiger partial charge in [-0.3, -0.25) is 0 Å². The van der Waals surface area contributed by atoms with Gasteiger partial charge in [0, 0.05) is 15.9 Å². The number of carbonyl (C=O) groups is 1. The van der Waals surface area contributed by atoms with Gasteiger partial charge in [0.1, 0.15) is 5.60 Å². The lowest BCUT2D eigenvalue weighted by atomic mass is 10.1. The topological polar surface area (TPSA) is 50.7 Å². The Labute approximate surface area is 126 Å². The van der Waals surface area contributed by atoms with Gasteiger partial charge >= 0.3 is 6.09 Å². The first-order valence-electron chi connectivity index (χ1n) is 7.14. The van der Waals surface area contributed by atoms with Crippen LogP contribution in [0.4, 0.5) is 4.79 Å². The van der Waals surface area contributed by atoms with Crippen molar-refractivity contribution >= 4 is 23.8 Å². The van der Waals surface area contributed by atoms with Gasteiger partial charge in [0.25, 0.3) is 0 Å². The standard InChI is InChI=1S/C15H26N2O2S/c1-10(17-20-13(5,6)7)14-8-15(14,9-14)16-11(18)19-12(2,3)4/h8-9H2,1-7H3,(H,16,18)/b17-10+. The summed E-state index contributed by atoms with van der Waals surface area (Å²) in [6.07, 6.45) is 1.69. The van der Waals surface area contributed by atoms with Crippen molar-refractivity contribution in [1.82, 2.24) is 5.32 Å². The molecule has 4 nitrogen and oxygen atoms in total. The van der Waals surface area contributed by atoms with E-state index >= 15 is 0 Å². The van der Waals surface area contributed by atoms with E-state index in [9.17, 15) is 4.79 Å². The Hall–Kier alpha value is -0.710. The molecular weight excluding hydrogens is 272 g/mol. The summed E-state index contributed by atoms with van der Waals surface area (Å²) in [4.78, 5) is 11.8. The van der Waals surface area contributed by atoms with Crippen LogP contribution in [0.3, 0.4) is 0 Å². The first kappa shape index (κ1) is 15.7. The van der Waals surface area contributed by atoms with Crippen LogP contribution in [0.1, 0.15) is 61.3 Å². The Morgan fingerprint density at radius 3 is 2.20 bits per heavy atom. The second-order valence-electron chi connectivity index (χ2n) is 8.03. The third-order valence-corrected chi connectivity index (χ3v) is 4.68. The van der Waals surface area contributed by atoms with Crippen LogP contribution in [0.15, 0.2) is 4.40 Å². The molecule has 2 rings (SSSR count). The molecule has 5 heteroatoms. The van der Waals surface area contributed by atoms with Gasteiger partial charge in [-0.1, -0.05) is 0 Å². The summed E-state index contributed by atoms with van der Waals surface area (Å²) in [5, 5.41) is 3.03. The molecule has 0 aromatic rings. The van der Waals surface area contributed by atoms with E-state index < -0.39 is 5.60 Å². The highest BCUT2D eigenvalue weighted by Crippen LogP contribution is 2.79. The van der Waals surface area contributed by atoms with Crippen LogP contribution in [0, 0.1) is 5.41 Å². The number of alkyl carbamates (subject to hydrolysis) is 1. The molecule has 0 atom stereocenters. The maximum absolute atomic E-state index is 11.8. The van der Waals surface area contributed by atoms with E-state index in [0.29, 0.717) is 0 Å². The third kappa shape index (κ3) is 3.13. The molecule has 0 aromatic heterocycles. The number of carbonyl (C=O) groups excluding carboxylic acids is 1. The highest BCUT2D eigenvalue weighted by Gasteiger charge is 2.85. The maximum atomic E-state index is 11.8. The van der Waals surface area contributed by atoms with Gasteiger partial charge in [-0.05, 0) is 73.3 Å². The molecule has 2 fully saturated rings. The number of rotatable bonds is 3. The first-order chi connectivity index (χ1) is 8.89. The monoisotopic (exact) mass is 298 g/mol. The Bertz CT molecular complexity index is 451. The summed E-state index contributed by atoms with van der Waals surface area (Å²) >= 11 is 1.61. The lowest BCUT2D eigenvalue weighted by molar-refractivity contribution is 0.0511. The van der Waals surface area contributed by atoms with E-state index in [1.54, 1.807) is 11.9 Å². The van der Waals surface area contributed by atoms with E-state index in [1.807, 2.05) is 20.8 Å². The summed E-state index contributed by atoms with van der Waals surface area (Å²) in [5.74, 6) is 0. The first-order valence-corrected chi connectivity index (χ1v) is 7.91. The number of nitrogens with one attached hydrogen (secondary N) is 1. The van der Waals surface area contributed by atoms with Crippen LogP contribution >= 0.6 is 11.9 Å². The lowest BCUT2D eigenvalue weighted by Crippen LogP contribution is -2.36. The smallest absolute Gasteiger partial charge is 0.408 e. The number of amides is 1. The fourth-order valence-corrected chi connectivity index (χ4v) is 3.08. The molecule has 0 bridgehead atoms. The molecule has 1 amide bonds. The second kappa shape index (κ2) is 4.39. The molecule has 2 aliphatic carbocycles. The Kier molecular flexibility index (Phi) is 3.44. The minimum Gasteiger partial charge on any atom is -0.444 e. The fraction of sp³-hybridized carbons (Fsp3) is 0.867. The summed E-state index contributed by atoms with van der Waals surface area (Å²) < 4.78 is 10.1. The average Bonchev–Trinajstić information content (AvgIpc) is 2.95. The van der Waals surface area contributed by atoms with Crippen molar-refractivity contribution in [2.75, 3.05) is 0 Å². The van der Waals surface area contributed by atoms with Crippen molar-refractivity contribution < 1.29 is 9.53 Å². The predicted octanol–water partition coefficient (Wildman–Crippen LogP) is 3.95. The summed E-state index contributed by atoms with van der Waals surface area (Å²) in [7, 11) is 0. The van der Waals surface area contributed by atoms with Gasteiger partial charge in [0.05, 0.1) is 5.54 Å². The van der Waals surface area contributed by atoms with Crippen LogP contribution in [-0.4, -0.2) is 27.7 Å². The summed E-state index contributed by atoms with van der Waals surface area (Å²) in [6, 6.07) is 0. The Morgan fingerprint density at radius 2 is 1.75 bits per heavy atom. The quantitative estimate of drug-likeness (QED) is 0.634. The van der Waals surface area contributed by atoms with Crippen molar-refractivity contribution in [3.05, 3.63) is 0 Å². The van der Waals surface area contributed by atoms with E-state index in [0.717, 1.165) is 18.6 Å². The summed E-state index contributed by atoms with van der Waals surface area (Å²) in [5.41, 5.74) is 0.746.